The molecule has 9 heteroatoms. The van der Waals surface area contributed by atoms with Crippen LogP contribution in [0.25, 0.3) is 11.3 Å². The Balaban J connectivity index is 1.51. The number of carbonyl (C=O) groups excluding carboxylic acids is 2. The van der Waals surface area contributed by atoms with E-state index in [2.05, 4.69) is 0 Å². The van der Waals surface area contributed by atoms with Gasteiger partial charge >= 0.3 is 6.09 Å². The quantitative estimate of drug-likeness (QED) is 0.353. The number of aromatic nitrogens is 2. The van der Waals surface area contributed by atoms with E-state index >= 15 is 0 Å². The summed E-state index contributed by atoms with van der Waals surface area (Å²) >= 11 is 0. The summed E-state index contributed by atoms with van der Waals surface area (Å²) in [5.41, 5.74) is 1.46. The van der Waals surface area contributed by atoms with Crippen molar-refractivity contribution in [2.24, 2.45) is 0 Å². The van der Waals surface area contributed by atoms with Crippen LogP contribution in [0.4, 0.5) is 4.79 Å². The molecule has 5 rings (SSSR count). The van der Waals surface area contributed by atoms with E-state index in [0.29, 0.717) is 56.9 Å². The molecule has 0 bridgehead atoms. The summed E-state index contributed by atoms with van der Waals surface area (Å²) in [5.74, 6) is -0.177. The van der Waals surface area contributed by atoms with Gasteiger partial charge in [-0.25, -0.2) is 9.78 Å². The van der Waals surface area contributed by atoms with Gasteiger partial charge in [-0.3, -0.25) is 4.79 Å². The number of benzene rings is 2. The van der Waals surface area contributed by atoms with Gasteiger partial charge in [-0.1, -0.05) is 73.5 Å². The van der Waals surface area contributed by atoms with Crippen LogP contribution in [0.2, 0.25) is 0 Å². The normalized spacial score (nSPS) is 22.6. The average molecular weight is 603 g/mol. The fourth-order valence-electron chi connectivity index (χ4n) is 6.62. The van der Waals surface area contributed by atoms with Gasteiger partial charge in [0.2, 0.25) is 0 Å². The lowest BCUT2D eigenvalue weighted by Gasteiger charge is -2.42. The van der Waals surface area contributed by atoms with E-state index < -0.39 is 11.2 Å². The Morgan fingerprint density at radius 1 is 1.02 bits per heavy atom. The first-order chi connectivity index (χ1) is 21.1. The third-order valence-corrected chi connectivity index (χ3v) is 8.79. The fraction of sp³-hybridized carbons (Fsp3) is 0.514. The summed E-state index contributed by atoms with van der Waals surface area (Å²) in [6.07, 6.45) is 5.85. The van der Waals surface area contributed by atoms with Gasteiger partial charge in [-0.05, 0) is 45.6 Å². The van der Waals surface area contributed by atoms with E-state index in [1.54, 1.807) is 18.3 Å². The van der Waals surface area contributed by atoms with Crippen LogP contribution in [0, 0.1) is 0 Å². The smallest absolute Gasteiger partial charge is 0.410 e. The third-order valence-electron chi connectivity index (χ3n) is 8.79. The number of ether oxygens (including phenoxy) is 2. The summed E-state index contributed by atoms with van der Waals surface area (Å²) in [6, 6.07) is 19.4. The lowest BCUT2D eigenvalue weighted by molar-refractivity contribution is -0.0606. The molecule has 2 amide bonds. The van der Waals surface area contributed by atoms with E-state index in [9.17, 15) is 14.7 Å². The second kappa shape index (κ2) is 13.5. The van der Waals surface area contributed by atoms with E-state index in [1.165, 1.54) is 0 Å². The highest BCUT2D eigenvalue weighted by Gasteiger charge is 2.42. The van der Waals surface area contributed by atoms with Crippen LogP contribution in [-0.2, 0) is 15.9 Å². The minimum Gasteiger partial charge on any atom is -0.444 e. The Morgan fingerprint density at radius 3 is 2.41 bits per heavy atom. The molecule has 1 unspecified atom stereocenters. The molecule has 0 radical (unpaired) electrons. The number of rotatable bonds is 8. The Bertz CT molecular complexity index is 1400. The number of carbonyl (C=O) groups is 2. The lowest BCUT2D eigenvalue weighted by Crippen LogP contribution is -2.58. The average Bonchev–Trinajstić information content (AvgIpc) is 3.45. The van der Waals surface area contributed by atoms with Gasteiger partial charge in [0.1, 0.15) is 5.60 Å². The molecule has 0 spiro atoms. The van der Waals surface area contributed by atoms with E-state index in [-0.39, 0.29) is 24.1 Å². The van der Waals surface area contributed by atoms with Gasteiger partial charge in [0.05, 0.1) is 29.7 Å². The molecule has 3 aromatic rings. The first-order valence-electron chi connectivity index (χ1n) is 15.8. The number of hydrogen-bond acceptors (Lipinski definition) is 6. The first-order valence-corrected chi connectivity index (χ1v) is 15.8. The molecule has 1 aliphatic heterocycles. The van der Waals surface area contributed by atoms with Crippen LogP contribution in [0.5, 0.6) is 0 Å². The van der Waals surface area contributed by atoms with Gasteiger partial charge in [0.15, 0.2) is 5.69 Å². The topological polar surface area (TPSA) is 97.1 Å². The summed E-state index contributed by atoms with van der Waals surface area (Å²) in [7, 11) is 1.65. The van der Waals surface area contributed by atoms with Gasteiger partial charge in [-0.2, -0.15) is 0 Å². The maximum Gasteiger partial charge on any atom is 0.410 e. The second-order valence-electron chi connectivity index (χ2n) is 13.1. The molecule has 9 nitrogen and oxygen atoms in total. The zero-order chi connectivity index (χ0) is 31.3. The van der Waals surface area contributed by atoms with Crippen LogP contribution < -0.4 is 0 Å². The Kier molecular flexibility index (Phi) is 9.75. The lowest BCUT2D eigenvalue weighted by atomic mass is 9.78. The number of piperazine rings is 1. The van der Waals surface area contributed by atoms with Crippen molar-refractivity contribution in [3.05, 3.63) is 78.2 Å². The van der Waals surface area contributed by atoms with Gasteiger partial charge < -0.3 is 28.9 Å². The maximum absolute atomic E-state index is 14.6. The minimum atomic E-state index is -0.965. The molecule has 236 valence electrons. The molecule has 3 atom stereocenters. The highest BCUT2D eigenvalue weighted by Crippen LogP contribution is 2.42. The van der Waals surface area contributed by atoms with Crippen molar-refractivity contribution in [2.45, 2.75) is 82.6 Å². The SMILES string of the molecule is COCCC1(O)CCCC[C@@H]1n1cnc(C(=O)N2CCN(C(=O)OC(C)(C)C)C[C@H]2Cc2ccccc2)c1-c1ccccc1. The minimum absolute atomic E-state index is 0.177. The number of amides is 2. The maximum atomic E-state index is 14.6. The number of methoxy groups -OCH3 is 1. The zero-order valence-electron chi connectivity index (χ0n) is 26.4. The van der Waals surface area contributed by atoms with Crippen molar-refractivity contribution in [1.29, 1.82) is 0 Å². The van der Waals surface area contributed by atoms with Gasteiger partial charge in [-0.15, -0.1) is 0 Å². The molecule has 1 aromatic heterocycles. The predicted octanol–water partition coefficient (Wildman–Crippen LogP) is 5.74. The Morgan fingerprint density at radius 2 is 1.73 bits per heavy atom. The van der Waals surface area contributed by atoms with E-state index in [4.69, 9.17) is 14.5 Å². The van der Waals surface area contributed by atoms with E-state index in [0.717, 1.165) is 30.4 Å². The van der Waals surface area contributed by atoms with Crippen LogP contribution in [0.15, 0.2) is 67.0 Å². The summed E-state index contributed by atoms with van der Waals surface area (Å²) in [6.45, 7) is 7.11. The van der Waals surface area contributed by atoms with Crippen LogP contribution in [0.3, 0.4) is 0 Å². The number of imidazole rings is 1. The van der Waals surface area contributed by atoms with Crippen molar-refractivity contribution in [3.8, 4) is 11.3 Å². The molecule has 1 saturated heterocycles. The van der Waals surface area contributed by atoms with Gasteiger partial charge in [0, 0.05) is 45.3 Å². The van der Waals surface area contributed by atoms with Crippen LogP contribution in [0.1, 0.15) is 75.0 Å². The highest BCUT2D eigenvalue weighted by atomic mass is 16.6. The molecule has 2 aliphatic rings. The standard InChI is InChI=1S/C35H46N4O5/c1-34(2,3)44-33(41)37-20-21-38(28(24-37)23-26-13-7-5-8-14-26)32(40)30-31(27-15-9-6-10-16-27)39(25-36-30)29-17-11-12-18-35(29,42)19-22-43-4/h5-10,13-16,25,28-29,42H,11-12,17-24H2,1-4H3/t28-,29+,35?/m1/s1. The summed E-state index contributed by atoms with van der Waals surface area (Å²) in [5, 5.41) is 11.9. The summed E-state index contributed by atoms with van der Waals surface area (Å²) < 4.78 is 13.1. The number of aliphatic hydroxyl groups is 1. The molecule has 1 aliphatic carbocycles. The molecule has 2 aromatic carbocycles. The highest BCUT2D eigenvalue weighted by molar-refractivity contribution is 5.98. The van der Waals surface area contributed by atoms with Crippen molar-refractivity contribution < 1.29 is 24.2 Å². The van der Waals surface area contributed by atoms with Crippen molar-refractivity contribution >= 4 is 12.0 Å². The largest absolute Gasteiger partial charge is 0.444 e. The molecule has 1 saturated carbocycles. The molecular formula is C35H46N4O5. The molecular weight excluding hydrogens is 556 g/mol. The van der Waals surface area contributed by atoms with Crippen molar-refractivity contribution in [3.63, 3.8) is 0 Å². The molecule has 2 heterocycles. The third kappa shape index (κ3) is 7.16. The van der Waals surface area contributed by atoms with Gasteiger partial charge in [0.25, 0.3) is 5.91 Å². The molecule has 1 N–H and O–H groups in total. The monoisotopic (exact) mass is 602 g/mol. The fourth-order valence-corrected chi connectivity index (χ4v) is 6.62. The summed E-state index contributed by atoms with van der Waals surface area (Å²) in [4.78, 5) is 36.0. The van der Waals surface area contributed by atoms with Crippen molar-refractivity contribution in [2.75, 3.05) is 33.4 Å². The zero-order valence-corrected chi connectivity index (χ0v) is 26.4. The Labute approximate surface area is 260 Å². The van der Waals surface area contributed by atoms with Crippen LogP contribution >= 0.6 is 0 Å². The van der Waals surface area contributed by atoms with E-state index in [1.807, 2.05) is 90.9 Å². The molecule has 2 fully saturated rings. The first kappa shape index (κ1) is 31.7. The predicted molar refractivity (Wildman–Crippen MR) is 169 cm³/mol. The Hall–Kier alpha value is -3.69. The number of nitrogens with zero attached hydrogens (tertiary/aromatic N) is 4. The van der Waals surface area contributed by atoms with Crippen molar-refractivity contribution in [1.82, 2.24) is 19.4 Å². The second-order valence-corrected chi connectivity index (χ2v) is 13.1. The number of hydrogen-bond donors (Lipinski definition) is 1. The molecule has 44 heavy (non-hydrogen) atoms. The van der Waals surface area contributed by atoms with Crippen LogP contribution in [-0.4, -0.2) is 87.1 Å².